The summed E-state index contributed by atoms with van der Waals surface area (Å²) in [6.45, 7) is 0. The molecule has 2 nitrogen and oxygen atoms in total. The van der Waals surface area contributed by atoms with E-state index in [0.717, 1.165) is 10.7 Å². The first-order chi connectivity index (χ1) is 6.97. The summed E-state index contributed by atoms with van der Waals surface area (Å²) in [5.74, 6) is 0.234. The van der Waals surface area contributed by atoms with Gasteiger partial charge in [-0.1, -0.05) is 0 Å². The highest BCUT2D eigenvalue weighted by atomic mass is 79.9. The number of aromatic amines is 1. The molecule has 0 fully saturated rings. The molecule has 0 aliphatic rings. The highest BCUT2D eigenvalue weighted by Gasteiger charge is 2.33. The lowest BCUT2D eigenvalue weighted by atomic mass is 10.4. The zero-order valence-corrected chi connectivity index (χ0v) is 9.50. The van der Waals surface area contributed by atoms with Gasteiger partial charge in [-0.25, -0.2) is 4.98 Å². The van der Waals surface area contributed by atoms with Crippen molar-refractivity contribution in [3.63, 3.8) is 0 Å². The van der Waals surface area contributed by atoms with Gasteiger partial charge >= 0.3 is 6.18 Å². The molecule has 80 valence electrons. The first kappa shape index (κ1) is 10.7. The molecule has 0 amide bonds. The second kappa shape index (κ2) is 3.64. The summed E-state index contributed by atoms with van der Waals surface area (Å²) in [5.41, 5.74) is -0.831. The van der Waals surface area contributed by atoms with Crippen LogP contribution in [0, 0.1) is 0 Å². The molecule has 0 bridgehead atoms. The van der Waals surface area contributed by atoms with Crippen LogP contribution in [0.25, 0.3) is 10.7 Å². The normalized spacial score (nSPS) is 12.0. The van der Waals surface area contributed by atoms with Gasteiger partial charge < -0.3 is 4.98 Å². The summed E-state index contributed by atoms with van der Waals surface area (Å²) in [4.78, 5) is 6.58. The van der Waals surface area contributed by atoms with Gasteiger partial charge in [0.05, 0.1) is 11.1 Å². The Balaban J connectivity index is 2.36. The van der Waals surface area contributed by atoms with E-state index in [1.807, 2.05) is 0 Å². The van der Waals surface area contributed by atoms with Crippen molar-refractivity contribution in [2.24, 2.45) is 0 Å². The van der Waals surface area contributed by atoms with Crippen LogP contribution in [0.2, 0.25) is 0 Å². The second-order valence-electron chi connectivity index (χ2n) is 2.77. The van der Waals surface area contributed by atoms with Crippen LogP contribution < -0.4 is 0 Å². The van der Waals surface area contributed by atoms with E-state index in [-0.39, 0.29) is 5.82 Å². The fourth-order valence-corrected chi connectivity index (χ4v) is 2.41. The SMILES string of the molecule is FC(F)(F)c1cnc(-c2cc(Br)cs2)[nH]1. The number of hydrogen-bond acceptors (Lipinski definition) is 2. The van der Waals surface area contributed by atoms with E-state index in [2.05, 4.69) is 25.9 Å². The number of alkyl halides is 3. The van der Waals surface area contributed by atoms with Crippen LogP contribution in [0.15, 0.2) is 22.1 Å². The number of nitrogens with zero attached hydrogens (tertiary/aromatic N) is 1. The Morgan fingerprint density at radius 2 is 2.13 bits per heavy atom. The number of hydrogen-bond donors (Lipinski definition) is 1. The molecule has 0 radical (unpaired) electrons. The molecule has 2 aromatic heterocycles. The molecule has 2 rings (SSSR count). The topological polar surface area (TPSA) is 28.7 Å². The van der Waals surface area contributed by atoms with E-state index >= 15 is 0 Å². The molecule has 2 aromatic rings. The van der Waals surface area contributed by atoms with Gasteiger partial charge in [0, 0.05) is 9.85 Å². The van der Waals surface area contributed by atoms with Crippen LogP contribution in [-0.4, -0.2) is 9.97 Å². The Labute approximate surface area is 95.3 Å². The lowest BCUT2D eigenvalue weighted by Gasteiger charge is -2.00. The van der Waals surface area contributed by atoms with E-state index < -0.39 is 11.9 Å². The smallest absolute Gasteiger partial charge is 0.334 e. The predicted octanol–water partition coefficient (Wildman–Crippen LogP) is 3.92. The third-order valence-corrected chi connectivity index (χ3v) is 3.38. The maximum absolute atomic E-state index is 12.2. The van der Waals surface area contributed by atoms with Crippen LogP contribution in [0.4, 0.5) is 13.2 Å². The second-order valence-corrected chi connectivity index (χ2v) is 4.60. The minimum atomic E-state index is -4.38. The van der Waals surface area contributed by atoms with Crippen molar-refractivity contribution < 1.29 is 13.2 Å². The molecule has 2 heterocycles. The van der Waals surface area contributed by atoms with E-state index in [4.69, 9.17) is 0 Å². The van der Waals surface area contributed by atoms with Gasteiger partial charge in [-0.05, 0) is 22.0 Å². The maximum Gasteiger partial charge on any atom is 0.432 e. The molecular weight excluding hydrogens is 293 g/mol. The number of H-pyrrole nitrogens is 1. The molecule has 0 saturated heterocycles. The first-order valence-electron chi connectivity index (χ1n) is 3.83. The fraction of sp³-hybridized carbons (Fsp3) is 0.125. The molecule has 1 N–H and O–H groups in total. The molecule has 15 heavy (non-hydrogen) atoms. The van der Waals surface area contributed by atoms with Gasteiger partial charge in [0.15, 0.2) is 0 Å². The average molecular weight is 297 g/mol. The number of aromatic nitrogens is 2. The monoisotopic (exact) mass is 296 g/mol. The van der Waals surface area contributed by atoms with E-state index in [1.54, 1.807) is 11.4 Å². The van der Waals surface area contributed by atoms with Crippen molar-refractivity contribution in [3.8, 4) is 10.7 Å². The quantitative estimate of drug-likeness (QED) is 0.849. The zero-order chi connectivity index (χ0) is 11.1. The summed E-state index contributed by atoms with van der Waals surface area (Å²) < 4.78 is 37.6. The van der Waals surface area contributed by atoms with Crippen LogP contribution in [0.1, 0.15) is 5.69 Å². The molecular formula is C8H4BrF3N2S. The lowest BCUT2D eigenvalue weighted by Crippen LogP contribution is -2.04. The Hall–Kier alpha value is -0.820. The van der Waals surface area contributed by atoms with Crippen LogP contribution >= 0.6 is 27.3 Å². The number of thiophene rings is 1. The molecule has 7 heteroatoms. The van der Waals surface area contributed by atoms with Gasteiger partial charge in [-0.3, -0.25) is 0 Å². The van der Waals surface area contributed by atoms with Crippen LogP contribution in [0.3, 0.4) is 0 Å². The van der Waals surface area contributed by atoms with Crippen molar-refractivity contribution in [2.75, 3.05) is 0 Å². The van der Waals surface area contributed by atoms with Crippen molar-refractivity contribution in [2.45, 2.75) is 6.18 Å². The first-order valence-corrected chi connectivity index (χ1v) is 5.50. The molecule has 0 aliphatic carbocycles. The highest BCUT2D eigenvalue weighted by Crippen LogP contribution is 2.32. The molecule has 0 aromatic carbocycles. The zero-order valence-electron chi connectivity index (χ0n) is 7.10. The number of imidazole rings is 1. The summed E-state index contributed by atoms with van der Waals surface area (Å²) >= 11 is 4.54. The van der Waals surface area contributed by atoms with Crippen molar-refractivity contribution in [3.05, 3.63) is 27.8 Å². The lowest BCUT2D eigenvalue weighted by molar-refractivity contribution is -0.140. The summed E-state index contributed by atoms with van der Waals surface area (Å²) in [5, 5.41) is 1.78. The molecule has 0 unspecified atom stereocenters. The Morgan fingerprint density at radius 1 is 1.40 bits per heavy atom. The number of rotatable bonds is 1. The van der Waals surface area contributed by atoms with Gasteiger partial charge in [-0.2, -0.15) is 13.2 Å². The maximum atomic E-state index is 12.2. The third-order valence-electron chi connectivity index (χ3n) is 1.68. The van der Waals surface area contributed by atoms with Gasteiger partial charge in [0.25, 0.3) is 0 Å². The number of halogens is 4. The van der Waals surface area contributed by atoms with Crippen LogP contribution in [-0.2, 0) is 6.18 Å². The minimum Gasteiger partial charge on any atom is -0.334 e. The largest absolute Gasteiger partial charge is 0.432 e. The van der Waals surface area contributed by atoms with Gasteiger partial charge in [0.2, 0.25) is 0 Å². The van der Waals surface area contributed by atoms with Crippen molar-refractivity contribution >= 4 is 27.3 Å². The number of nitrogens with one attached hydrogen (secondary N) is 1. The molecule has 0 spiro atoms. The Kier molecular flexibility index (Phi) is 2.59. The Bertz CT molecular complexity index is 474. The predicted molar refractivity (Wildman–Crippen MR) is 54.6 cm³/mol. The summed E-state index contributed by atoms with van der Waals surface area (Å²) in [7, 11) is 0. The van der Waals surface area contributed by atoms with Crippen molar-refractivity contribution in [1.82, 2.24) is 9.97 Å². The molecule has 0 saturated carbocycles. The third kappa shape index (κ3) is 2.23. The fourth-order valence-electron chi connectivity index (χ4n) is 1.03. The average Bonchev–Trinajstić information content (AvgIpc) is 2.69. The van der Waals surface area contributed by atoms with Crippen molar-refractivity contribution in [1.29, 1.82) is 0 Å². The summed E-state index contributed by atoms with van der Waals surface area (Å²) in [6, 6.07) is 1.71. The van der Waals surface area contributed by atoms with E-state index in [1.165, 1.54) is 11.3 Å². The van der Waals surface area contributed by atoms with Gasteiger partial charge in [0.1, 0.15) is 11.5 Å². The standard InChI is InChI=1S/C8H4BrF3N2S/c9-4-1-5(15-3-4)7-13-2-6(14-7)8(10,11)12/h1-3H,(H,13,14). The minimum absolute atomic E-state index is 0.234. The highest BCUT2D eigenvalue weighted by molar-refractivity contribution is 9.10. The molecule has 0 atom stereocenters. The van der Waals surface area contributed by atoms with E-state index in [9.17, 15) is 13.2 Å². The van der Waals surface area contributed by atoms with E-state index in [0.29, 0.717) is 4.88 Å². The Morgan fingerprint density at radius 3 is 2.60 bits per heavy atom. The van der Waals surface area contributed by atoms with Gasteiger partial charge in [-0.15, -0.1) is 11.3 Å². The summed E-state index contributed by atoms with van der Waals surface area (Å²) in [6.07, 6.45) is -3.58. The molecule has 0 aliphatic heterocycles. The van der Waals surface area contributed by atoms with Crippen LogP contribution in [0.5, 0.6) is 0 Å².